The molecule has 18 heavy (non-hydrogen) atoms. The Bertz CT molecular complexity index is 465. The molecule has 2 heterocycles. The number of hydrogen-bond acceptors (Lipinski definition) is 4. The van der Waals surface area contributed by atoms with E-state index in [4.69, 9.17) is 0 Å². The number of aromatic nitrogens is 4. The Morgan fingerprint density at radius 3 is 2.78 bits per heavy atom. The molecule has 0 aliphatic carbocycles. The molecule has 2 aromatic heterocycles. The minimum absolute atomic E-state index is 0.163. The van der Waals surface area contributed by atoms with Gasteiger partial charge in [0, 0.05) is 43.9 Å². The van der Waals surface area contributed by atoms with Crippen molar-refractivity contribution in [3.63, 3.8) is 0 Å². The maximum Gasteiger partial charge on any atom is 0.110 e. The summed E-state index contributed by atoms with van der Waals surface area (Å²) >= 11 is 0. The zero-order valence-electron chi connectivity index (χ0n) is 10.9. The molecule has 0 spiro atoms. The Labute approximate surface area is 107 Å². The lowest BCUT2D eigenvalue weighted by atomic mass is 10.1. The van der Waals surface area contributed by atoms with Crippen molar-refractivity contribution < 1.29 is 0 Å². The molecule has 0 aliphatic rings. The summed E-state index contributed by atoms with van der Waals surface area (Å²) in [5.41, 5.74) is 0.963. The van der Waals surface area contributed by atoms with E-state index in [1.165, 1.54) is 0 Å². The molecule has 0 aliphatic heterocycles. The fraction of sp³-hybridized carbons (Fsp3) is 0.462. The van der Waals surface area contributed by atoms with Crippen LogP contribution in [0.4, 0.5) is 0 Å². The molecule has 0 fully saturated rings. The van der Waals surface area contributed by atoms with Gasteiger partial charge in [-0.25, -0.2) is 4.98 Å². The molecule has 5 nitrogen and oxygen atoms in total. The zero-order valence-corrected chi connectivity index (χ0v) is 10.9. The number of rotatable bonds is 6. The SMILES string of the molecule is CCNC(Cc1nccn1CC)c1cnccn1. The van der Waals surface area contributed by atoms with Gasteiger partial charge in [-0.05, 0) is 13.5 Å². The maximum atomic E-state index is 4.41. The van der Waals surface area contributed by atoms with E-state index < -0.39 is 0 Å². The molecule has 5 heteroatoms. The Kier molecular flexibility index (Phi) is 4.41. The van der Waals surface area contributed by atoms with Crippen molar-refractivity contribution in [1.29, 1.82) is 0 Å². The second kappa shape index (κ2) is 6.26. The molecule has 0 saturated carbocycles. The summed E-state index contributed by atoms with van der Waals surface area (Å²) < 4.78 is 2.15. The summed E-state index contributed by atoms with van der Waals surface area (Å²) in [5, 5.41) is 3.43. The Hall–Kier alpha value is -1.75. The normalized spacial score (nSPS) is 12.6. The third kappa shape index (κ3) is 2.92. The van der Waals surface area contributed by atoms with Gasteiger partial charge < -0.3 is 9.88 Å². The Morgan fingerprint density at radius 2 is 2.11 bits per heavy atom. The lowest BCUT2D eigenvalue weighted by molar-refractivity contribution is 0.509. The molecule has 0 aromatic carbocycles. The summed E-state index contributed by atoms with van der Waals surface area (Å²) in [7, 11) is 0. The van der Waals surface area contributed by atoms with Gasteiger partial charge in [-0.1, -0.05) is 6.92 Å². The molecule has 2 rings (SSSR count). The molecule has 0 bridgehead atoms. The molecule has 1 N–H and O–H groups in total. The third-order valence-electron chi connectivity index (χ3n) is 2.92. The van der Waals surface area contributed by atoms with Crippen molar-refractivity contribution in [3.8, 4) is 0 Å². The second-order valence-electron chi connectivity index (χ2n) is 4.07. The van der Waals surface area contributed by atoms with E-state index in [1.54, 1.807) is 12.4 Å². The maximum absolute atomic E-state index is 4.41. The smallest absolute Gasteiger partial charge is 0.110 e. The van der Waals surface area contributed by atoms with Crippen molar-refractivity contribution >= 4 is 0 Å². The summed E-state index contributed by atoms with van der Waals surface area (Å²) in [6.07, 6.45) is 9.92. The number of imidazole rings is 1. The lowest BCUT2D eigenvalue weighted by Crippen LogP contribution is -2.25. The molecular formula is C13H19N5. The average molecular weight is 245 g/mol. The molecular weight excluding hydrogens is 226 g/mol. The van der Waals surface area contributed by atoms with E-state index in [0.29, 0.717) is 0 Å². The van der Waals surface area contributed by atoms with Gasteiger partial charge in [0.25, 0.3) is 0 Å². The van der Waals surface area contributed by atoms with Crippen molar-refractivity contribution in [2.75, 3.05) is 6.54 Å². The van der Waals surface area contributed by atoms with E-state index in [-0.39, 0.29) is 6.04 Å². The largest absolute Gasteiger partial charge is 0.335 e. The molecule has 0 saturated heterocycles. The van der Waals surface area contributed by atoms with Gasteiger partial charge in [0.15, 0.2) is 0 Å². The summed E-state index contributed by atoms with van der Waals surface area (Å²) in [6.45, 7) is 6.05. The first-order chi connectivity index (χ1) is 8.85. The monoisotopic (exact) mass is 245 g/mol. The predicted octanol–water partition coefficient (Wildman–Crippen LogP) is 1.59. The second-order valence-corrected chi connectivity index (χ2v) is 4.07. The van der Waals surface area contributed by atoms with Crippen LogP contribution in [0, 0.1) is 0 Å². The van der Waals surface area contributed by atoms with Crippen molar-refractivity contribution in [1.82, 2.24) is 24.8 Å². The highest BCUT2D eigenvalue weighted by molar-refractivity contribution is 5.07. The highest BCUT2D eigenvalue weighted by Crippen LogP contribution is 2.14. The molecule has 2 aromatic rings. The van der Waals surface area contributed by atoms with Crippen LogP contribution in [0.2, 0.25) is 0 Å². The standard InChI is InChI=1S/C13H19N5/c1-3-15-11(12-10-14-5-6-16-12)9-13-17-7-8-18(13)4-2/h5-8,10-11,15H,3-4,9H2,1-2H3. The van der Waals surface area contributed by atoms with E-state index in [2.05, 4.69) is 38.7 Å². The van der Waals surface area contributed by atoms with Gasteiger partial charge in [-0.15, -0.1) is 0 Å². The van der Waals surface area contributed by atoms with Crippen LogP contribution in [0.25, 0.3) is 0 Å². The molecule has 96 valence electrons. The van der Waals surface area contributed by atoms with E-state index in [9.17, 15) is 0 Å². The fourth-order valence-electron chi connectivity index (χ4n) is 2.02. The van der Waals surface area contributed by atoms with Crippen molar-refractivity contribution in [2.45, 2.75) is 32.9 Å². The van der Waals surface area contributed by atoms with Gasteiger partial charge >= 0.3 is 0 Å². The first-order valence-electron chi connectivity index (χ1n) is 6.34. The van der Waals surface area contributed by atoms with Crippen molar-refractivity contribution in [2.24, 2.45) is 0 Å². The van der Waals surface area contributed by atoms with Crippen LogP contribution >= 0.6 is 0 Å². The van der Waals surface area contributed by atoms with Gasteiger partial charge in [0.05, 0.1) is 11.7 Å². The van der Waals surface area contributed by atoms with Crippen molar-refractivity contribution in [3.05, 3.63) is 42.5 Å². The molecule has 1 unspecified atom stereocenters. The molecule has 0 amide bonds. The van der Waals surface area contributed by atoms with Crippen LogP contribution in [0.3, 0.4) is 0 Å². The van der Waals surface area contributed by atoms with Gasteiger partial charge in [0.2, 0.25) is 0 Å². The number of nitrogens with zero attached hydrogens (tertiary/aromatic N) is 4. The Morgan fingerprint density at radius 1 is 1.22 bits per heavy atom. The van der Waals surface area contributed by atoms with E-state index in [0.717, 1.165) is 31.0 Å². The minimum Gasteiger partial charge on any atom is -0.335 e. The number of aryl methyl sites for hydroxylation is 1. The van der Waals surface area contributed by atoms with Gasteiger partial charge in [0.1, 0.15) is 5.82 Å². The lowest BCUT2D eigenvalue weighted by Gasteiger charge is -2.17. The molecule has 0 radical (unpaired) electrons. The van der Waals surface area contributed by atoms with E-state index >= 15 is 0 Å². The highest BCUT2D eigenvalue weighted by Gasteiger charge is 2.15. The van der Waals surface area contributed by atoms with Crippen LogP contribution in [0.5, 0.6) is 0 Å². The molecule has 1 atom stereocenters. The summed E-state index contributed by atoms with van der Waals surface area (Å²) in [5.74, 6) is 1.08. The fourth-order valence-corrected chi connectivity index (χ4v) is 2.02. The summed E-state index contributed by atoms with van der Waals surface area (Å²) in [6, 6.07) is 0.163. The first kappa shape index (κ1) is 12.7. The predicted molar refractivity (Wildman–Crippen MR) is 70.1 cm³/mol. The Balaban J connectivity index is 2.16. The minimum atomic E-state index is 0.163. The number of nitrogens with one attached hydrogen (secondary N) is 1. The van der Waals surface area contributed by atoms with E-state index in [1.807, 2.05) is 18.6 Å². The van der Waals surface area contributed by atoms with Crippen LogP contribution < -0.4 is 5.32 Å². The third-order valence-corrected chi connectivity index (χ3v) is 2.92. The van der Waals surface area contributed by atoms with Gasteiger partial charge in [-0.2, -0.15) is 0 Å². The highest BCUT2D eigenvalue weighted by atomic mass is 15.1. The van der Waals surface area contributed by atoms with Crippen LogP contribution in [0.1, 0.15) is 31.4 Å². The quantitative estimate of drug-likeness (QED) is 0.839. The van der Waals surface area contributed by atoms with Crippen LogP contribution in [-0.4, -0.2) is 26.1 Å². The zero-order chi connectivity index (χ0) is 12.8. The topological polar surface area (TPSA) is 55.6 Å². The average Bonchev–Trinajstić information content (AvgIpc) is 2.86. The summed E-state index contributed by atoms with van der Waals surface area (Å²) in [4.78, 5) is 12.9. The van der Waals surface area contributed by atoms with Crippen LogP contribution in [0.15, 0.2) is 31.0 Å². The number of hydrogen-bond donors (Lipinski definition) is 1. The van der Waals surface area contributed by atoms with Crippen LogP contribution in [-0.2, 0) is 13.0 Å². The first-order valence-corrected chi connectivity index (χ1v) is 6.34. The van der Waals surface area contributed by atoms with Gasteiger partial charge in [-0.3, -0.25) is 9.97 Å². The number of likely N-dealkylation sites (N-methyl/N-ethyl adjacent to an activating group) is 1.